The lowest BCUT2D eigenvalue weighted by Crippen LogP contribution is -2.29. The predicted octanol–water partition coefficient (Wildman–Crippen LogP) is 1.74. The minimum atomic E-state index is -0.989. The highest BCUT2D eigenvalue weighted by Crippen LogP contribution is 2.33. The van der Waals surface area contributed by atoms with Gasteiger partial charge in [0.25, 0.3) is 0 Å². The second-order valence-corrected chi connectivity index (χ2v) is 6.68. The van der Waals surface area contributed by atoms with E-state index in [4.69, 9.17) is 5.11 Å². The van der Waals surface area contributed by atoms with Crippen molar-refractivity contribution in [3.63, 3.8) is 0 Å². The van der Waals surface area contributed by atoms with Gasteiger partial charge in [0.05, 0.1) is 5.56 Å². The van der Waals surface area contributed by atoms with Crippen LogP contribution in [0.2, 0.25) is 0 Å². The van der Waals surface area contributed by atoms with Crippen LogP contribution in [0.5, 0.6) is 0 Å². The molecule has 0 radical (unpaired) electrons. The zero-order valence-corrected chi connectivity index (χ0v) is 13.4. The van der Waals surface area contributed by atoms with Gasteiger partial charge in [-0.05, 0) is 17.4 Å². The first-order valence-electron chi connectivity index (χ1n) is 8.25. The van der Waals surface area contributed by atoms with E-state index in [0.29, 0.717) is 17.8 Å². The first-order valence-corrected chi connectivity index (χ1v) is 8.25. The highest BCUT2D eigenvalue weighted by Gasteiger charge is 2.40. The number of fused-ring (bicyclic) bond motifs is 1. The molecule has 124 valence electrons. The maximum absolute atomic E-state index is 10.9. The van der Waals surface area contributed by atoms with E-state index < -0.39 is 5.97 Å². The van der Waals surface area contributed by atoms with Gasteiger partial charge in [0.15, 0.2) is 0 Å². The van der Waals surface area contributed by atoms with Crippen molar-refractivity contribution in [2.45, 2.75) is 6.54 Å². The van der Waals surface area contributed by atoms with Crippen LogP contribution in [0.1, 0.15) is 15.9 Å². The quantitative estimate of drug-likeness (QED) is 0.924. The summed E-state index contributed by atoms with van der Waals surface area (Å²) in [4.78, 5) is 24.0. The maximum atomic E-state index is 10.9. The van der Waals surface area contributed by atoms with Crippen molar-refractivity contribution in [2.24, 2.45) is 11.8 Å². The maximum Gasteiger partial charge on any atom is 0.338 e. The zero-order valence-electron chi connectivity index (χ0n) is 13.4. The molecular formula is C18H20N4O2. The molecule has 0 amide bonds. The Hall–Kier alpha value is -2.47. The molecule has 0 spiro atoms. The number of carbonyl (C=O) groups is 1. The third kappa shape index (κ3) is 2.97. The molecule has 2 aliphatic rings. The number of aromatic carboxylic acids is 1. The summed E-state index contributed by atoms with van der Waals surface area (Å²) in [6.45, 7) is 5.11. The summed E-state index contributed by atoms with van der Waals surface area (Å²) in [6, 6.07) is 10.6. The number of carboxylic acid groups (broad SMARTS) is 1. The summed E-state index contributed by atoms with van der Waals surface area (Å²) in [5.74, 6) is 0.924. The molecule has 1 N–H and O–H groups in total. The lowest BCUT2D eigenvalue weighted by atomic mass is 10.0. The molecule has 2 aromatic rings. The van der Waals surface area contributed by atoms with Gasteiger partial charge in [-0.2, -0.15) is 0 Å². The summed E-state index contributed by atoms with van der Waals surface area (Å²) in [6.07, 6.45) is 2.78. The van der Waals surface area contributed by atoms with E-state index in [1.165, 1.54) is 18.0 Å². The van der Waals surface area contributed by atoms with Gasteiger partial charge in [-0.1, -0.05) is 30.3 Å². The molecule has 2 fully saturated rings. The molecule has 2 aliphatic heterocycles. The number of likely N-dealkylation sites (tertiary alicyclic amines) is 1. The Bertz CT molecular complexity index is 706. The Morgan fingerprint density at radius 1 is 1.04 bits per heavy atom. The van der Waals surface area contributed by atoms with Crippen LogP contribution in [0.25, 0.3) is 0 Å². The van der Waals surface area contributed by atoms with E-state index in [0.717, 1.165) is 32.7 Å². The van der Waals surface area contributed by atoms with Crippen molar-refractivity contribution in [3.8, 4) is 0 Å². The second-order valence-electron chi connectivity index (χ2n) is 6.68. The molecule has 24 heavy (non-hydrogen) atoms. The van der Waals surface area contributed by atoms with E-state index >= 15 is 0 Å². The molecule has 2 saturated heterocycles. The summed E-state index contributed by atoms with van der Waals surface area (Å²) in [5, 5.41) is 8.92. The topological polar surface area (TPSA) is 69.6 Å². The lowest BCUT2D eigenvalue weighted by Gasteiger charge is -2.21. The normalized spacial score (nSPS) is 23.4. The van der Waals surface area contributed by atoms with Crippen LogP contribution in [0.15, 0.2) is 42.7 Å². The van der Waals surface area contributed by atoms with Crippen molar-refractivity contribution >= 4 is 11.9 Å². The molecule has 2 atom stereocenters. The first-order chi connectivity index (χ1) is 11.7. The molecular weight excluding hydrogens is 304 g/mol. The Morgan fingerprint density at radius 2 is 1.67 bits per heavy atom. The summed E-state index contributed by atoms with van der Waals surface area (Å²) < 4.78 is 0. The number of anilines is 1. The summed E-state index contributed by atoms with van der Waals surface area (Å²) in [5.41, 5.74) is 1.49. The smallest absolute Gasteiger partial charge is 0.338 e. The molecule has 4 rings (SSSR count). The predicted molar refractivity (Wildman–Crippen MR) is 89.9 cm³/mol. The second kappa shape index (κ2) is 6.20. The van der Waals surface area contributed by atoms with Gasteiger partial charge in [-0.3, -0.25) is 4.90 Å². The van der Waals surface area contributed by atoms with Gasteiger partial charge in [-0.25, -0.2) is 14.8 Å². The van der Waals surface area contributed by atoms with Gasteiger partial charge >= 0.3 is 5.97 Å². The monoisotopic (exact) mass is 324 g/mol. The molecule has 0 saturated carbocycles. The van der Waals surface area contributed by atoms with Crippen LogP contribution < -0.4 is 4.90 Å². The number of hydrogen-bond acceptors (Lipinski definition) is 5. The van der Waals surface area contributed by atoms with Gasteiger partial charge in [-0.15, -0.1) is 0 Å². The van der Waals surface area contributed by atoms with Crippen molar-refractivity contribution in [1.82, 2.24) is 14.9 Å². The number of nitrogens with zero attached hydrogens (tertiary/aromatic N) is 4. The zero-order chi connectivity index (χ0) is 16.5. The fourth-order valence-electron chi connectivity index (χ4n) is 3.82. The third-order valence-corrected chi connectivity index (χ3v) is 4.98. The van der Waals surface area contributed by atoms with Crippen LogP contribution in [0.4, 0.5) is 5.95 Å². The van der Waals surface area contributed by atoms with E-state index in [1.54, 1.807) is 0 Å². The van der Waals surface area contributed by atoms with Crippen LogP contribution in [0.3, 0.4) is 0 Å². The fourth-order valence-corrected chi connectivity index (χ4v) is 3.82. The van der Waals surface area contributed by atoms with Crippen LogP contribution in [0, 0.1) is 11.8 Å². The Balaban J connectivity index is 1.36. The minimum Gasteiger partial charge on any atom is -0.478 e. The van der Waals surface area contributed by atoms with Crippen LogP contribution in [-0.4, -0.2) is 52.1 Å². The fraction of sp³-hybridized carbons (Fsp3) is 0.389. The third-order valence-electron chi connectivity index (χ3n) is 4.98. The molecule has 1 aromatic heterocycles. The van der Waals surface area contributed by atoms with Gasteiger partial charge in [0.2, 0.25) is 5.95 Å². The van der Waals surface area contributed by atoms with E-state index in [-0.39, 0.29) is 5.56 Å². The molecule has 3 heterocycles. The van der Waals surface area contributed by atoms with Gasteiger partial charge < -0.3 is 10.0 Å². The van der Waals surface area contributed by atoms with Crippen LogP contribution in [-0.2, 0) is 6.54 Å². The molecule has 1 aromatic carbocycles. The number of carboxylic acids is 1. The van der Waals surface area contributed by atoms with Crippen molar-refractivity contribution < 1.29 is 9.90 Å². The summed E-state index contributed by atoms with van der Waals surface area (Å²) >= 11 is 0. The molecule has 6 heteroatoms. The number of hydrogen-bond donors (Lipinski definition) is 1. The largest absolute Gasteiger partial charge is 0.478 e. The average molecular weight is 324 g/mol. The van der Waals surface area contributed by atoms with Crippen molar-refractivity contribution in [3.05, 3.63) is 53.9 Å². The van der Waals surface area contributed by atoms with Gasteiger partial charge in [0.1, 0.15) is 0 Å². The van der Waals surface area contributed by atoms with E-state index in [2.05, 4.69) is 50.1 Å². The molecule has 0 bridgehead atoms. The first kappa shape index (κ1) is 15.1. The average Bonchev–Trinajstić information content (AvgIpc) is 3.14. The Morgan fingerprint density at radius 3 is 2.25 bits per heavy atom. The van der Waals surface area contributed by atoms with Crippen molar-refractivity contribution in [1.29, 1.82) is 0 Å². The number of rotatable bonds is 4. The number of aromatic nitrogens is 2. The van der Waals surface area contributed by atoms with Gasteiger partial charge in [0, 0.05) is 45.1 Å². The molecule has 0 unspecified atom stereocenters. The Kier molecular flexibility index (Phi) is 3.90. The lowest BCUT2D eigenvalue weighted by molar-refractivity contribution is 0.0696. The summed E-state index contributed by atoms with van der Waals surface area (Å²) in [7, 11) is 0. The molecule has 0 aliphatic carbocycles. The molecule has 6 nitrogen and oxygen atoms in total. The SMILES string of the molecule is O=C(O)c1cnc(N2C[C@H]3CN(Cc4ccccc4)C[C@H]3C2)nc1. The standard InChI is InChI=1S/C18H20N4O2/c23-17(24)14-6-19-18(20-7-14)22-11-15-9-21(10-16(15)12-22)8-13-4-2-1-3-5-13/h1-7,15-16H,8-12H2,(H,23,24)/t15-,16+. The Labute approximate surface area is 140 Å². The highest BCUT2D eigenvalue weighted by molar-refractivity contribution is 5.86. The number of benzene rings is 1. The van der Waals surface area contributed by atoms with E-state index in [9.17, 15) is 4.79 Å². The minimum absolute atomic E-state index is 0.132. The van der Waals surface area contributed by atoms with E-state index in [1.807, 2.05) is 0 Å². The van der Waals surface area contributed by atoms with Crippen LogP contribution >= 0.6 is 0 Å². The highest BCUT2D eigenvalue weighted by atomic mass is 16.4. The van der Waals surface area contributed by atoms with Crippen molar-refractivity contribution in [2.75, 3.05) is 31.1 Å².